The van der Waals surface area contributed by atoms with E-state index in [1.165, 1.54) is 12.1 Å². The molecule has 0 spiro atoms. The summed E-state index contributed by atoms with van der Waals surface area (Å²) in [7, 11) is 0. The van der Waals surface area contributed by atoms with Crippen LogP contribution in [-0.2, 0) is 11.2 Å². The average molecular weight is 296 g/mol. The minimum absolute atomic E-state index is 0.0385. The summed E-state index contributed by atoms with van der Waals surface area (Å²) >= 11 is 12.1. The van der Waals surface area contributed by atoms with Crippen LogP contribution in [0.3, 0.4) is 0 Å². The lowest BCUT2D eigenvalue weighted by Crippen LogP contribution is -2.03. The molecule has 0 aromatic heterocycles. The summed E-state index contributed by atoms with van der Waals surface area (Å²) < 4.78 is 13.2. The Hall–Kier alpha value is -1.58. The van der Waals surface area contributed by atoms with Gasteiger partial charge in [-0.05, 0) is 35.4 Å². The molecule has 0 unspecified atom stereocenters. The van der Waals surface area contributed by atoms with Gasteiger partial charge in [0.05, 0.1) is 16.5 Å². The fraction of sp³-hybridized carbons (Fsp3) is 0.0714. The van der Waals surface area contributed by atoms with Crippen molar-refractivity contribution in [2.75, 3.05) is 5.32 Å². The summed E-state index contributed by atoms with van der Waals surface area (Å²) in [4.78, 5) is 11.3. The molecule has 5 heteroatoms. The second-order valence-electron chi connectivity index (χ2n) is 4.34. The van der Waals surface area contributed by atoms with Gasteiger partial charge >= 0.3 is 0 Å². The molecule has 0 saturated heterocycles. The highest BCUT2D eigenvalue weighted by Gasteiger charge is 2.19. The smallest absolute Gasteiger partial charge is 0.228 e. The van der Waals surface area contributed by atoms with Crippen molar-refractivity contribution in [2.24, 2.45) is 0 Å². The topological polar surface area (TPSA) is 29.1 Å². The lowest BCUT2D eigenvalue weighted by atomic mass is 10.0. The first-order chi connectivity index (χ1) is 9.04. The van der Waals surface area contributed by atoms with E-state index in [0.717, 1.165) is 16.8 Å². The molecule has 0 bridgehead atoms. The Morgan fingerprint density at radius 2 is 1.79 bits per heavy atom. The van der Waals surface area contributed by atoms with Gasteiger partial charge in [0.15, 0.2) is 0 Å². The fourth-order valence-electron chi connectivity index (χ4n) is 2.20. The van der Waals surface area contributed by atoms with Crippen LogP contribution in [0.15, 0.2) is 30.3 Å². The molecular weight excluding hydrogens is 288 g/mol. The highest BCUT2D eigenvalue weighted by molar-refractivity contribution is 6.39. The van der Waals surface area contributed by atoms with Crippen LogP contribution in [0.5, 0.6) is 0 Å². The van der Waals surface area contributed by atoms with Crippen molar-refractivity contribution >= 4 is 34.8 Å². The summed E-state index contributed by atoms with van der Waals surface area (Å²) in [6.07, 6.45) is 0.333. The lowest BCUT2D eigenvalue weighted by Gasteiger charge is -2.09. The van der Waals surface area contributed by atoms with Crippen LogP contribution < -0.4 is 5.32 Å². The van der Waals surface area contributed by atoms with Crippen LogP contribution in [0.4, 0.5) is 10.1 Å². The normalized spacial score (nSPS) is 13.3. The molecule has 1 aliphatic heterocycles. The highest BCUT2D eigenvalue weighted by atomic mass is 35.5. The molecule has 3 rings (SSSR count). The molecule has 2 aromatic rings. The van der Waals surface area contributed by atoms with Crippen LogP contribution in [0.1, 0.15) is 5.56 Å². The number of carbonyl (C=O) groups is 1. The van der Waals surface area contributed by atoms with Gasteiger partial charge in [0.25, 0.3) is 0 Å². The molecule has 1 heterocycles. The zero-order valence-electron chi connectivity index (χ0n) is 9.64. The van der Waals surface area contributed by atoms with Gasteiger partial charge in [-0.15, -0.1) is 0 Å². The van der Waals surface area contributed by atoms with E-state index < -0.39 is 5.82 Å². The predicted molar refractivity (Wildman–Crippen MR) is 74.2 cm³/mol. The molecule has 2 aromatic carbocycles. The van der Waals surface area contributed by atoms with Crippen molar-refractivity contribution in [1.82, 2.24) is 0 Å². The first-order valence-corrected chi connectivity index (χ1v) is 6.38. The Morgan fingerprint density at radius 1 is 1.11 bits per heavy atom. The summed E-state index contributed by atoms with van der Waals surface area (Å²) in [5, 5.41) is 3.25. The monoisotopic (exact) mass is 295 g/mol. The quantitative estimate of drug-likeness (QED) is 0.835. The number of rotatable bonds is 1. The molecule has 0 aliphatic carbocycles. The van der Waals surface area contributed by atoms with E-state index in [2.05, 4.69) is 5.32 Å². The zero-order valence-corrected chi connectivity index (χ0v) is 11.1. The van der Waals surface area contributed by atoms with Crippen molar-refractivity contribution in [3.8, 4) is 11.1 Å². The largest absolute Gasteiger partial charge is 0.326 e. The minimum atomic E-state index is -0.475. The van der Waals surface area contributed by atoms with Crippen molar-refractivity contribution in [3.63, 3.8) is 0 Å². The molecule has 2 nitrogen and oxygen atoms in total. The van der Waals surface area contributed by atoms with Crippen LogP contribution in [-0.4, -0.2) is 5.91 Å². The number of anilines is 1. The minimum Gasteiger partial charge on any atom is -0.326 e. The van der Waals surface area contributed by atoms with Crippen LogP contribution >= 0.6 is 23.2 Å². The van der Waals surface area contributed by atoms with Crippen molar-refractivity contribution < 1.29 is 9.18 Å². The van der Waals surface area contributed by atoms with Gasteiger partial charge < -0.3 is 5.32 Å². The summed E-state index contributed by atoms with van der Waals surface area (Å²) in [5.74, 6) is -0.514. The molecule has 1 aliphatic rings. The number of fused-ring (bicyclic) bond motifs is 1. The van der Waals surface area contributed by atoms with Crippen LogP contribution in [0.2, 0.25) is 10.0 Å². The SMILES string of the molecule is O=C1Cc2cc(-c3c(Cl)cc(F)cc3Cl)ccc2N1. The maximum absolute atomic E-state index is 13.2. The van der Waals surface area contributed by atoms with E-state index in [1.807, 2.05) is 6.07 Å². The summed E-state index contributed by atoms with van der Waals surface area (Å²) in [6.45, 7) is 0. The fourth-order valence-corrected chi connectivity index (χ4v) is 2.88. The Morgan fingerprint density at radius 3 is 2.47 bits per heavy atom. The Bertz CT molecular complexity index is 677. The summed E-state index contributed by atoms with van der Waals surface area (Å²) in [6, 6.07) is 7.89. The van der Waals surface area contributed by atoms with Gasteiger partial charge in [0, 0.05) is 11.3 Å². The molecule has 0 fully saturated rings. The second kappa shape index (κ2) is 4.51. The number of nitrogens with one attached hydrogen (secondary N) is 1. The first kappa shape index (κ1) is 12.5. The van der Waals surface area contributed by atoms with Crippen molar-refractivity contribution in [1.29, 1.82) is 0 Å². The molecule has 19 heavy (non-hydrogen) atoms. The van der Waals surface area contributed by atoms with Crippen LogP contribution in [0, 0.1) is 5.82 Å². The zero-order chi connectivity index (χ0) is 13.6. The second-order valence-corrected chi connectivity index (χ2v) is 5.16. The Kier molecular flexibility index (Phi) is 2.96. The maximum Gasteiger partial charge on any atom is 0.228 e. The Labute approximate surface area is 119 Å². The predicted octanol–water partition coefficient (Wildman–Crippen LogP) is 4.29. The first-order valence-electron chi connectivity index (χ1n) is 5.62. The van der Waals surface area contributed by atoms with Crippen LogP contribution in [0.25, 0.3) is 11.1 Å². The van der Waals surface area contributed by atoms with Gasteiger partial charge in [-0.2, -0.15) is 0 Å². The third-order valence-electron chi connectivity index (χ3n) is 3.03. The molecule has 0 atom stereocenters. The van der Waals surface area contributed by atoms with Crippen molar-refractivity contribution in [3.05, 3.63) is 51.8 Å². The van der Waals surface area contributed by atoms with E-state index >= 15 is 0 Å². The highest BCUT2D eigenvalue weighted by Crippen LogP contribution is 2.37. The molecule has 0 saturated carbocycles. The number of carbonyl (C=O) groups excluding carboxylic acids is 1. The van der Waals surface area contributed by atoms with E-state index in [1.54, 1.807) is 12.1 Å². The molecule has 1 N–H and O–H groups in total. The number of halogens is 3. The van der Waals surface area contributed by atoms with Gasteiger partial charge in [-0.1, -0.05) is 29.3 Å². The third kappa shape index (κ3) is 2.20. The van der Waals surface area contributed by atoms with Gasteiger partial charge in [-0.3, -0.25) is 4.79 Å². The average Bonchev–Trinajstić information content (AvgIpc) is 2.67. The number of amides is 1. The van der Waals surface area contributed by atoms with E-state index in [0.29, 0.717) is 12.0 Å². The Balaban J connectivity index is 2.14. The summed E-state index contributed by atoms with van der Waals surface area (Å²) in [5.41, 5.74) is 3.03. The molecule has 0 radical (unpaired) electrons. The van der Waals surface area contributed by atoms with Gasteiger partial charge in [0.2, 0.25) is 5.91 Å². The third-order valence-corrected chi connectivity index (χ3v) is 3.62. The van der Waals surface area contributed by atoms with E-state index in [-0.39, 0.29) is 16.0 Å². The number of hydrogen-bond donors (Lipinski definition) is 1. The number of hydrogen-bond acceptors (Lipinski definition) is 1. The van der Waals surface area contributed by atoms with E-state index in [9.17, 15) is 9.18 Å². The molecule has 96 valence electrons. The van der Waals surface area contributed by atoms with Gasteiger partial charge in [0.1, 0.15) is 5.82 Å². The molecular formula is C14H8Cl2FNO. The van der Waals surface area contributed by atoms with E-state index in [4.69, 9.17) is 23.2 Å². The molecule has 1 amide bonds. The maximum atomic E-state index is 13.2. The standard InChI is InChI=1S/C14H8Cl2FNO/c15-10-5-9(17)6-11(16)14(10)7-1-2-12-8(3-7)4-13(19)18-12/h1-3,5-6H,4H2,(H,18,19). The van der Waals surface area contributed by atoms with Crippen molar-refractivity contribution in [2.45, 2.75) is 6.42 Å². The lowest BCUT2D eigenvalue weighted by molar-refractivity contribution is -0.115. The van der Waals surface area contributed by atoms with Gasteiger partial charge in [-0.25, -0.2) is 4.39 Å². The number of benzene rings is 2.